The first-order valence-corrected chi connectivity index (χ1v) is 5.50. The second kappa shape index (κ2) is 5.48. The van der Waals surface area contributed by atoms with E-state index in [1.807, 2.05) is 6.92 Å². The van der Waals surface area contributed by atoms with E-state index >= 15 is 0 Å². The first-order valence-electron chi connectivity index (χ1n) is 5.50. The van der Waals surface area contributed by atoms with Crippen LogP contribution in [0.4, 0.5) is 0 Å². The maximum absolute atomic E-state index is 11.8. The number of hydrogen-bond acceptors (Lipinski definition) is 3. The third-order valence-electron chi connectivity index (χ3n) is 2.52. The van der Waals surface area contributed by atoms with Crippen molar-refractivity contribution in [3.8, 4) is 0 Å². The van der Waals surface area contributed by atoms with Crippen LogP contribution in [0.15, 0.2) is 24.3 Å². The highest BCUT2D eigenvalue weighted by atomic mass is 16.4. The van der Waals surface area contributed by atoms with E-state index in [1.54, 1.807) is 38.1 Å². The van der Waals surface area contributed by atoms with Crippen molar-refractivity contribution < 1.29 is 14.7 Å². The molecule has 92 valence electrons. The van der Waals surface area contributed by atoms with Crippen LogP contribution in [0, 0.1) is 12.8 Å². The fourth-order valence-corrected chi connectivity index (χ4v) is 1.43. The van der Waals surface area contributed by atoms with Gasteiger partial charge in [-0.25, -0.2) is 0 Å². The minimum absolute atomic E-state index is 0.214. The van der Waals surface area contributed by atoms with Gasteiger partial charge in [0.2, 0.25) is 0 Å². The highest BCUT2D eigenvalue weighted by Gasteiger charge is 2.17. The largest absolute Gasteiger partial charge is 0.548 e. The first kappa shape index (κ1) is 13.2. The molecule has 1 aromatic rings. The molecule has 1 unspecified atom stereocenters. The van der Waals surface area contributed by atoms with Gasteiger partial charge in [-0.15, -0.1) is 0 Å². The zero-order valence-corrected chi connectivity index (χ0v) is 10.2. The number of carbonyl (C=O) groups is 2. The number of hydrogen-bond donors (Lipinski definition) is 1. The topological polar surface area (TPSA) is 69.2 Å². The van der Waals surface area contributed by atoms with Crippen LogP contribution in [-0.2, 0) is 4.79 Å². The Morgan fingerprint density at radius 3 is 2.12 bits per heavy atom. The lowest BCUT2D eigenvalue weighted by Crippen LogP contribution is -2.50. The Hall–Kier alpha value is -1.84. The van der Waals surface area contributed by atoms with E-state index in [1.165, 1.54) is 0 Å². The van der Waals surface area contributed by atoms with Crippen LogP contribution in [0.5, 0.6) is 0 Å². The lowest BCUT2D eigenvalue weighted by molar-refractivity contribution is -0.309. The number of rotatable bonds is 4. The van der Waals surface area contributed by atoms with Crippen molar-refractivity contribution in [2.24, 2.45) is 5.92 Å². The van der Waals surface area contributed by atoms with Gasteiger partial charge in [-0.2, -0.15) is 0 Å². The highest BCUT2D eigenvalue weighted by Crippen LogP contribution is 2.06. The van der Waals surface area contributed by atoms with Gasteiger partial charge in [0.05, 0.1) is 12.0 Å². The molecule has 4 nitrogen and oxygen atoms in total. The standard InChI is InChI=1S/C13H17NO3/c1-8(2)11(13(16)17)14-12(15)10-6-4-9(3)5-7-10/h4-8,11H,1-3H3,(H,14,15)(H,16,17)/p-1. The summed E-state index contributed by atoms with van der Waals surface area (Å²) in [6.07, 6.45) is 0. The molecule has 0 spiro atoms. The van der Waals surface area contributed by atoms with Crippen LogP contribution in [0.3, 0.4) is 0 Å². The lowest BCUT2D eigenvalue weighted by Gasteiger charge is -2.23. The number of amides is 1. The van der Waals surface area contributed by atoms with Crippen LogP contribution in [0.1, 0.15) is 29.8 Å². The van der Waals surface area contributed by atoms with E-state index in [0.717, 1.165) is 5.56 Å². The van der Waals surface area contributed by atoms with Crippen LogP contribution < -0.4 is 10.4 Å². The monoisotopic (exact) mass is 234 g/mol. The van der Waals surface area contributed by atoms with Crippen molar-refractivity contribution in [3.63, 3.8) is 0 Å². The maximum atomic E-state index is 11.8. The van der Waals surface area contributed by atoms with Gasteiger partial charge in [0, 0.05) is 5.56 Å². The van der Waals surface area contributed by atoms with Crippen LogP contribution >= 0.6 is 0 Å². The summed E-state index contributed by atoms with van der Waals surface area (Å²) in [4.78, 5) is 22.6. The molecule has 0 fully saturated rings. The number of benzene rings is 1. The Balaban J connectivity index is 2.77. The van der Waals surface area contributed by atoms with Gasteiger partial charge in [0.25, 0.3) is 5.91 Å². The average molecular weight is 234 g/mol. The van der Waals surface area contributed by atoms with Crippen molar-refractivity contribution in [2.75, 3.05) is 0 Å². The van der Waals surface area contributed by atoms with Crippen LogP contribution in [0.2, 0.25) is 0 Å². The van der Waals surface area contributed by atoms with Gasteiger partial charge in [-0.05, 0) is 25.0 Å². The molecule has 1 aromatic carbocycles. The summed E-state index contributed by atoms with van der Waals surface area (Å²) in [5, 5.41) is 13.3. The minimum atomic E-state index is -1.26. The number of nitrogens with one attached hydrogen (secondary N) is 1. The molecular formula is C13H16NO3-. The van der Waals surface area contributed by atoms with Crippen molar-refractivity contribution in [1.82, 2.24) is 5.32 Å². The van der Waals surface area contributed by atoms with Crippen molar-refractivity contribution in [2.45, 2.75) is 26.8 Å². The third kappa shape index (κ3) is 3.59. The second-order valence-electron chi connectivity index (χ2n) is 4.38. The molecule has 0 aliphatic heterocycles. The third-order valence-corrected chi connectivity index (χ3v) is 2.52. The molecule has 1 N–H and O–H groups in total. The second-order valence-corrected chi connectivity index (χ2v) is 4.38. The summed E-state index contributed by atoms with van der Waals surface area (Å²) < 4.78 is 0. The van der Waals surface area contributed by atoms with Gasteiger partial charge in [-0.1, -0.05) is 31.5 Å². The summed E-state index contributed by atoms with van der Waals surface area (Å²) in [6, 6.07) is 5.97. The molecule has 1 rings (SSSR count). The van der Waals surface area contributed by atoms with Crippen molar-refractivity contribution in [1.29, 1.82) is 0 Å². The highest BCUT2D eigenvalue weighted by molar-refractivity contribution is 5.96. The average Bonchev–Trinajstić information content (AvgIpc) is 2.25. The van der Waals surface area contributed by atoms with Crippen LogP contribution in [0.25, 0.3) is 0 Å². The Morgan fingerprint density at radius 1 is 1.18 bits per heavy atom. The molecule has 0 saturated heterocycles. The Labute approximate surface area is 101 Å². The number of carbonyl (C=O) groups excluding carboxylic acids is 2. The molecule has 0 saturated carbocycles. The summed E-state index contributed by atoms with van der Waals surface area (Å²) in [5.41, 5.74) is 1.49. The fourth-order valence-electron chi connectivity index (χ4n) is 1.43. The molecule has 0 aromatic heterocycles. The number of aryl methyl sites for hydroxylation is 1. The van der Waals surface area contributed by atoms with Gasteiger partial charge in [-0.3, -0.25) is 4.79 Å². The van der Waals surface area contributed by atoms with E-state index < -0.39 is 17.9 Å². The van der Waals surface area contributed by atoms with E-state index in [2.05, 4.69) is 5.32 Å². The molecule has 0 aliphatic rings. The molecule has 4 heteroatoms. The lowest BCUT2D eigenvalue weighted by atomic mass is 10.0. The number of aliphatic carboxylic acids is 1. The van der Waals surface area contributed by atoms with Crippen molar-refractivity contribution >= 4 is 11.9 Å². The zero-order chi connectivity index (χ0) is 13.0. The maximum Gasteiger partial charge on any atom is 0.251 e. The van der Waals surface area contributed by atoms with Gasteiger partial charge in [0.1, 0.15) is 0 Å². The molecule has 0 radical (unpaired) electrons. The molecule has 17 heavy (non-hydrogen) atoms. The summed E-state index contributed by atoms with van der Waals surface area (Å²) in [6.45, 7) is 5.35. The van der Waals surface area contributed by atoms with Gasteiger partial charge < -0.3 is 15.2 Å². The molecule has 0 bridgehead atoms. The minimum Gasteiger partial charge on any atom is -0.548 e. The molecule has 1 atom stereocenters. The Morgan fingerprint density at radius 2 is 1.71 bits per heavy atom. The fraction of sp³-hybridized carbons (Fsp3) is 0.385. The molecule has 0 aliphatic carbocycles. The van der Waals surface area contributed by atoms with Crippen LogP contribution in [-0.4, -0.2) is 17.9 Å². The SMILES string of the molecule is Cc1ccc(C(=O)NC(C(=O)[O-])C(C)C)cc1. The van der Waals surface area contributed by atoms with E-state index in [-0.39, 0.29) is 5.92 Å². The molecule has 0 heterocycles. The number of carboxylic acids is 1. The predicted octanol–water partition coefficient (Wildman–Crippen LogP) is 0.499. The van der Waals surface area contributed by atoms with E-state index in [0.29, 0.717) is 5.56 Å². The molecular weight excluding hydrogens is 218 g/mol. The van der Waals surface area contributed by atoms with Gasteiger partial charge >= 0.3 is 0 Å². The normalized spacial score (nSPS) is 12.2. The van der Waals surface area contributed by atoms with Gasteiger partial charge in [0.15, 0.2) is 0 Å². The Kier molecular flexibility index (Phi) is 4.26. The Bertz CT molecular complexity index is 409. The zero-order valence-electron chi connectivity index (χ0n) is 10.2. The smallest absolute Gasteiger partial charge is 0.251 e. The molecule has 1 amide bonds. The van der Waals surface area contributed by atoms with E-state index in [4.69, 9.17) is 0 Å². The number of carboxylic acid groups (broad SMARTS) is 1. The first-order chi connectivity index (χ1) is 7.91. The van der Waals surface area contributed by atoms with Crippen molar-refractivity contribution in [3.05, 3.63) is 35.4 Å². The summed E-state index contributed by atoms with van der Waals surface area (Å²) in [7, 11) is 0. The summed E-state index contributed by atoms with van der Waals surface area (Å²) >= 11 is 0. The quantitative estimate of drug-likeness (QED) is 0.824. The predicted molar refractivity (Wildman–Crippen MR) is 62.3 cm³/mol. The van der Waals surface area contributed by atoms with E-state index in [9.17, 15) is 14.7 Å². The summed E-state index contributed by atoms with van der Waals surface area (Å²) in [5.74, 6) is -1.87.